The number of hydrogen-bond acceptors (Lipinski definition) is 4. The third kappa shape index (κ3) is 3.37. The molecule has 2 heterocycles. The Morgan fingerprint density at radius 2 is 1.84 bits per heavy atom. The topological polar surface area (TPSA) is 62.7 Å². The van der Waals surface area contributed by atoms with Gasteiger partial charge in [-0.05, 0) is 37.0 Å². The number of methoxy groups -OCH3 is 1. The second-order valence-electron chi connectivity index (χ2n) is 8.72. The van der Waals surface area contributed by atoms with Crippen molar-refractivity contribution in [3.05, 3.63) is 71.9 Å². The number of para-hydroxylation sites is 1. The Morgan fingerprint density at radius 1 is 1.10 bits per heavy atom. The monoisotopic (exact) mass is 416 g/mol. The first kappa shape index (κ1) is 20.0. The Balaban J connectivity index is 1.50. The van der Waals surface area contributed by atoms with E-state index in [-0.39, 0.29) is 17.9 Å². The molecule has 2 fully saturated rings. The predicted octanol–water partition coefficient (Wildman–Crippen LogP) is 4.54. The average molecular weight is 417 g/mol. The Labute approximate surface area is 182 Å². The first-order chi connectivity index (χ1) is 15.1. The van der Waals surface area contributed by atoms with Gasteiger partial charge in [0.15, 0.2) is 0 Å². The minimum absolute atomic E-state index is 0.0134. The van der Waals surface area contributed by atoms with Gasteiger partial charge in [0.2, 0.25) is 0 Å². The van der Waals surface area contributed by atoms with Crippen molar-refractivity contribution in [1.82, 2.24) is 9.88 Å². The molecule has 5 rings (SSSR count). The van der Waals surface area contributed by atoms with Crippen LogP contribution in [0.4, 0.5) is 0 Å². The maximum atomic E-state index is 13.6. The van der Waals surface area contributed by atoms with E-state index >= 15 is 0 Å². The molecule has 5 heteroatoms. The van der Waals surface area contributed by atoms with E-state index in [2.05, 4.69) is 4.98 Å². The molecule has 3 aromatic rings. The number of ether oxygens (including phenoxy) is 1. The summed E-state index contributed by atoms with van der Waals surface area (Å²) in [5.41, 5.74) is 1.23. The summed E-state index contributed by atoms with van der Waals surface area (Å²) in [5, 5.41) is 12.7. The quantitative estimate of drug-likeness (QED) is 0.681. The van der Waals surface area contributed by atoms with E-state index in [1.165, 1.54) is 0 Å². The second kappa shape index (κ2) is 7.97. The summed E-state index contributed by atoms with van der Waals surface area (Å²) in [7, 11) is 1.62. The van der Waals surface area contributed by atoms with Crippen molar-refractivity contribution in [3.63, 3.8) is 0 Å². The molecule has 1 saturated heterocycles. The minimum Gasteiger partial charge on any atom is -0.496 e. The van der Waals surface area contributed by atoms with Gasteiger partial charge >= 0.3 is 0 Å². The summed E-state index contributed by atoms with van der Waals surface area (Å²) in [5.74, 6) is 0.617. The highest BCUT2D eigenvalue weighted by Gasteiger charge is 2.50. The summed E-state index contributed by atoms with van der Waals surface area (Å²) in [6.07, 6.45) is 4.53. The van der Waals surface area contributed by atoms with Gasteiger partial charge in [0.25, 0.3) is 5.91 Å². The van der Waals surface area contributed by atoms with Crippen molar-refractivity contribution < 1.29 is 14.6 Å². The van der Waals surface area contributed by atoms with Gasteiger partial charge in [0, 0.05) is 30.0 Å². The van der Waals surface area contributed by atoms with E-state index in [1.807, 2.05) is 59.5 Å². The van der Waals surface area contributed by atoms with Gasteiger partial charge in [-0.3, -0.25) is 4.79 Å². The zero-order valence-corrected chi connectivity index (χ0v) is 17.8. The number of benzene rings is 2. The van der Waals surface area contributed by atoms with Gasteiger partial charge in [0.1, 0.15) is 11.4 Å². The lowest BCUT2D eigenvalue weighted by Crippen LogP contribution is -2.59. The van der Waals surface area contributed by atoms with E-state index in [1.54, 1.807) is 13.2 Å². The van der Waals surface area contributed by atoms with Crippen LogP contribution in [0.25, 0.3) is 10.9 Å². The smallest absolute Gasteiger partial charge is 0.272 e. The summed E-state index contributed by atoms with van der Waals surface area (Å²) in [6.45, 7) is 0.516. The standard InChI is InChI=1S/C26H28N2O3/c1-31-24-17-22(27-21-13-7-5-11-19(21)24)25(29)28-16-15-26(30,18-9-3-2-4-10-18)20-12-6-8-14-23(20)28/h2-5,7,9-11,13,17,20,23,30H,6,8,12,14-16H2,1H3/t20-,23?,26-/m1/s1. The SMILES string of the molecule is COc1cc(C(=O)N2CC[C@@](O)(c3ccccc3)[C@@H]3CCCCC32)nc2ccccc12. The van der Waals surface area contributed by atoms with Crippen LogP contribution < -0.4 is 4.74 Å². The maximum absolute atomic E-state index is 13.6. The highest BCUT2D eigenvalue weighted by Crippen LogP contribution is 2.47. The molecule has 0 radical (unpaired) electrons. The lowest BCUT2D eigenvalue weighted by atomic mass is 9.66. The first-order valence-corrected chi connectivity index (χ1v) is 11.1. The molecule has 160 valence electrons. The van der Waals surface area contributed by atoms with E-state index in [9.17, 15) is 9.90 Å². The maximum Gasteiger partial charge on any atom is 0.272 e. The third-order valence-electron chi connectivity index (χ3n) is 7.13. The molecule has 5 nitrogen and oxygen atoms in total. The second-order valence-corrected chi connectivity index (χ2v) is 8.72. The molecule has 1 aliphatic carbocycles. The molecular formula is C26H28N2O3. The average Bonchev–Trinajstić information content (AvgIpc) is 2.84. The lowest BCUT2D eigenvalue weighted by molar-refractivity contribution is -0.110. The van der Waals surface area contributed by atoms with Crippen molar-refractivity contribution in [3.8, 4) is 5.75 Å². The van der Waals surface area contributed by atoms with Crippen LogP contribution in [0, 0.1) is 5.92 Å². The molecule has 1 N–H and O–H groups in total. The molecule has 0 bridgehead atoms. The fourth-order valence-electron chi connectivity index (χ4n) is 5.59. The number of carbonyl (C=O) groups is 1. The van der Waals surface area contributed by atoms with Gasteiger partial charge in [-0.25, -0.2) is 4.98 Å². The number of likely N-dealkylation sites (tertiary alicyclic amines) is 1. The molecule has 31 heavy (non-hydrogen) atoms. The molecular weight excluding hydrogens is 388 g/mol. The van der Waals surface area contributed by atoms with Crippen LogP contribution >= 0.6 is 0 Å². The van der Waals surface area contributed by atoms with Crippen LogP contribution in [-0.4, -0.2) is 40.6 Å². The van der Waals surface area contributed by atoms with Gasteiger partial charge in [-0.1, -0.05) is 55.3 Å². The number of aromatic nitrogens is 1. The Morgan fingerprint density at radius 3 is 2.65 bits per heavy atom. The lowest BCUT2D eigenvalue weighted by Gasteiger charge is -2.52. The Hall–Kier alpha value is -2.92. The molecule has 1 unspecified atom stereocenters. The van der Waals surface area contributed by atoms with Gasteiger partial charge in [0.05, 0.1) is 18.2 Å². The van der Waals surface area contributed by atoms with Crippen LogP contribution in [0.2, 0.25) is 0 Å². The summed E-state index contributed by atoms with van der Waals surface area (Å²) in [4.78, 5) is 20.3. The number of amides is 1. The Kier molecular flexibility index (Phi) is 5.14. The number of rotatable bonds is 3. The number of fused-ring (bicyclic) bond motifs is 2. The summed E-state index contributed by atoms with van der Waals surface area (Å²) in [6, 6.07) is 19.4. The van der Waals surface area contributed by atoms with Gasteiger partial charge in [-0.2, -0.15) is 0 Å². The van der Waals surface area contributed by atoms with E-state index < -0.39 is 5.60 Å². The number of aliphatic hydroxyl groups is 1. The van der Waals surface area contributed by atoms with E-state index in [4.69, 9.17) is 4.74 Å². The minimum atomic E-state index is -0.891. The number of carbonyl (C=O) groups excluding carboxylic acids is 1. The third-order valence-corrected chi connectivity index (χ3v) is 7.13. The molecule has 2 aromatic carbocycles. The summed E-state index contributed by atoms with van der Waals surface area (Å²) < 4.78 is 5.55. The van der Waals surface area contributed by atoms with Crippen LogP contribution in [-0.2, 0) is 5.60 Å². The van der Waals surface area contributed by atoms with Gasteiger partial charge in [-0.15, -0.1) is 0 Å². The zero-order valence-electron chi connectivity index (χ0n) is 17.8. The number of piperidine rings is 1. The van der Waals surface area contributed by atoms with Crippen molar-refractivity contribution >= 4 is 16.8 Å². The fraction of sp³-hybridized carbons (Fsp3) is 0.385. The van der Waals surface area contributed by atoms with E-state index in [0.717, 1.165) is 42.1 Å². The number of pyridine rings is 1. The molecule has 0 spiro atoms. The van der Waals surface area contributed by atoms with Crippen molar-refractivity contribution in [2.24, 2.45) is 5.92 Å². The molecule has 3 atom stereocenters. The summed E-state index contributed by atoms with van der Waals surface area (Å²) >= 11 is 0. The number of nitrogens with zero attached hydrogens (tertiary/aromatic N) is 2. The molecule has 2 aliphatic rings. The highest BCUT2D eigenvalue weighted by atomic mass is 16.5. The predicted molar refractivity (Wildman–Crippen MR) is 120 cm³/mol. The van der Waals surface area contributed by atoms with Crippen LogP contribution in [0.3, 0.4) is 0 Å². The van der Waals surface area contributed by atoms with Crippen LogP contribution in [0.5, 0.6) is 5.75 Å². The van der Waals surface area contributed by atoms with Crippen LogP contribution in [0.1, 0.15) is 48.2 Å². The highest BCUT2D eigenvalue weighted by molar-refractivity contribution is 5.97. The molecule has 1 aromatic heterocycles. The van der Waals surface area contributed by atoms with Crippen molar-refractivity contribution in [2.75, 3.05) is 13.7 Å². The van der Waals surface area contributed by atoms with Crippen molar-refractivity contribution in [1.29, 1.82) is 0 Å². The zero-order chi connectivity index (χ0) is 21.4. The Bertz CT molecular complexity index is 1100. The van der Waals surface area contributed by atoms with Crippen molar-refractivity contribution in [2.45, 2.75) is 43.7 Å². The molecule has 1 aliphatic heterocycles. The van der Waals surface area contributed by atoms with Gasteiger partial charge < -0.3 is 14.7 Å². The number of hydrogen-bond donors (Lipinski definition) is 1. The van der Waals surface area contributed by atoms with Crippen LogP contribution in [0.15, 0.2) is 60.7 Å². The molecule has 1 amide bonds. The largest absolute Gasteiger partial charge is 0.496 e. The van der Waals surface area contributed by atoms with E-state index in [0.29, 0.717) is 24.4 Å². The molecule has 1 saturated carbocycles. The fourth-order valence-corrected chi connectivity index (χ4v) is 5.59. The first-order valence-electron chi connectivity index (χ1n) is 11.1. The normalized spacial score (nSPS) is 25.8.